The van der Waals surface area contributed by atoms with Gasteiger partial charge in [0, 0.05) is 13.0 Å². The molecule has 0 spiro atoms. The second-order valence-corrected chi connectivity index (χ2v) is 7.42. The molecule has 2 aromatic carbocycles. The molecule has 164 valence electrons. The molecule has 1 aromatic heterocycles. The highest BCUT2D eigenvalue weighted by Gasteiger charge is 2.14. The van der Waals surface area contributed by atoms with E-state index in [0.717, 1.165) is 33.7 Å². The maximum atomic E-state index is 12.1. The van der Waals surface area contributed by atoms with Crippen LogP contribution in [-0.2, 0) is 27.3 Å². The molecule has 0 saturated carbocycles. The lowest BCUT2D eigenvalue weighted by Gasteiger charge is -2.11. The van der Waals surface area contributed by atoms with Gasteiger partial charge in [0.1, 0.15) is 18.1 Å². The molecule has 7 nitrogen and oxygen atoms in total. The second-order valence-electron chi connectivity index (χ2n) is 7.42. The topological polar surface area (TPSA) is 82.5 Å². The van der Waals surface area contributed by atoms with Crippen LogP contribution in [0, 0.1) is 13.8 Å². The number of benzene rings is 2. The van der Waals surface area contributed by atoms with Crippen LogP contribution in [-0.4, -0.2) is 41.2 Å². The molecule has 3 rings (SSSR count). The Morgan fingerprint density at radius 3 is 2.74 bits per heavy atom. The lowest BCUT2D eigenvalue weighted by Crippen LogP contribution is -2.30. The maximum absolute atomic E-state index is 12.1. The third-order valence-electron chi connectivity index (χ3n) is 4.93. The number of amides is 1. The largest absolute Gasteiger partial charge is 0.483 e. The van der Waals surface area contributed by atoms with Crippen molar-refractivity contribution in [1.29, 1.82) is 0 Å². The minimum absolute atomic E-state index is 0.0222. The molecule has 7 heteroatoms. The molecule has 0 unspecified atom stereocenters. The van der Waals surface area contributed by atoms with Gasteiger partial charge < -0.3 is 19.4 Å². The average Bonchev–Trinajstić information content (AvgIpc) is 3.09. The molecule has 1 amide bonds. The summed E-state index contributed by atoms with van der Waals surface area (Å²) in [6.45, 7) is 6.67. The van der Waals surface area contributed by atoms with Crippen molar-refractivity contribution in [3.8, 4) is 5.75 Å². The van der Waals surface area contributed by atoms with Gasteiger partial charge in [-0.3, -0.25) is 9.59 Å². The Morgan fingerprint density at radius 1 is 1.13 bits per heavy atom. The molecule has 1 heterocycles. The van der Waals surface area contributed by atoms with Crippen LogP contribution in [0.5, 0.6) is 5.75 Å². The molecule has 1 N–H and O–H groups in total. The van der Waals surface area contributed by atoms with E-state index in [1.54, 1.807) is 6.92 Å². The van der Waals surface area contributed by atoms with Crippen LogP contribution in [0.25, 0.3) is 11.0 Å². The number of nitrogens with one attached hydrogen (secondary N) is 1. The zero-order chi connectivity index (χ0) is 22.2. The Labute approximate surface area is 182 Å². The molecule has 0 aliphatic carbocycles. The number of hydrogen-bond acceptors (Lipinski definition) is 5. The number of nitrogens with zero attached hydrogens (tertiary/aromatic N) is 2. The number of aryl methyl sites for hydroxylation is 3. The van der Waals surface area contributed by atoms with Crippen molar-refractivity contribution in [3.63, 3.8) is 0 Å². The van der Waals surface area contributed by atoms with E-state index in [9.17, 15) is 9.59 Å². The van der Waals surface area contributed by atoms with Gasteiger partial charge in [0.25, 0.3) is 5.91 Å². The zero-order valence-corrected chi connectivity index (χ0v) is 18.3. The minimum atomic E-state index is -0.288. The van der Waals surface area contributed by atoms with Crippen molar-refractivity contribution in [1.82, 2.24) is 14.9 Å². The summed E-state index contributed by atoms with van der Waals surface area (Å²) in [5, 5.41) is 2.88. The molecule has 0 fully saturated rings. The Hall–Kier alpha value is -3.35. The van der Waals surface area contributed by atoms with E-state index >= 15 is 0 Å². The standard InChI is InChI=1S/C24H29N3O4/c1-4-30-24(29)15-27-20-9-6-5-8-19(20)26-22(27)10-7-13-25-23(28)16-31-21-14-17(2)11-12-18(21)3/h5-6,8-9,11-12,14H,4,7,10,13,15-16H2,1-3H3,(H,25,28). The number of hydrogen-bond donors (Lipinski definition) is 1. The summed E-state index contributed by atoms with van der Waals surface area (Å²) in [4.78, 5) is 28.8. The molecule has 0 radical (unpaired) electrons. The molecule has 0 aliphatic rings. The van der Waals surface area contributed by atoms with Gasteiger partial charge in [0.15, 0.2) is 6.61 Å². The SMILES string of the molecule is CCOC(=O)Cn1c(CCCNC(=O)COc2cc(C)ccc2C)nc2ccccc21. The van der Waals surface area contributed by atoms with Crippen LogP contribution < -0.4 is 10.1 Å². The Morgan fingerprint density at radius 2 is 1.94 bits per heavy atom. The van der Waals surface area contributed by atoms with Crippen LogP contribution in [0.3, 0.4) is 0 Å². The van der Waals surface area contributed by atoms with Crippen molar-refractivity contribution in [2.24, 2.45) is 0 Å². The predicted molar refractivity (Wildman–Crippen MR) is 119 cm³/mol. The summed E-state index contributed by atoms with van der Waals surface area (Å²) < 4.78 is 12.6. The number of para-hydroxylation sites is 2. The first-order valence-electron chi connectivity index (χ1n) is 10.5. The first-order valence-corrected chi connectivity index (χ1v) is 10.5. The Bertz CT molecular complexity index is 1060. The Kier molecular flexibility index (Phi) is 7.65. The van der Waals surface area contributed by atoms with Crippen molar-refractivity contribution in [2.45, 2.75) is 40.2 Å². The third kappa shape index (κ3) is 6.07. The highest BCUT2D eigenvalue weighted by atomic mass is 16.5. The molecular formula is C24H29N3O4. The number of carbonyl (C=O) groups excluding carboxylic acids is 2. The monoisotopic (exact) mass is 423 g/mol. The van der Waals surface area contributed by atoms with E-state index in [2.05, 4.69) is 10.3 Å². The van der Waals surface area contributed by atoms with Crippen molar-refractivity contribution >= 4 is 22.9 Å². The van der Waals surface area contributed by atoms with Crippen LogP contribution >= 0.6 is 0 Å². The van der Waals surface area contributed by atoms with Crippen molar-refractivity contribution in [2.75, 3.05) is 19.8 Å². The zero-order valence-electron chi connectivity index (χ0n) is 18.3. The molecule has 0 aliphatic heterocycles. The van der Waals surface area contributed by atoms with E-state index < -0.39 is 0 Å². The maximum Gasteiger partial charge on any atom is 0.326 e. The molecular weight excluding hydrogens is 394 g/mol. The van der Waals surface area contributed by atoms with Crippen LogP contribution in [0.2, 0.25) is 0 Å². The van der Waals surface area contributed by atoms with Gasteiger partial charge in [-0.25, -0.2) is 4.98 Å². The number of carbonyl (C=O) groups is 2. The van der Waals surface area contributed by atoms with Gasteiger partial charge in [-0.15, -0.1) is 0 Å². The summed E-state index contributed by atoms with van der Waals surface area (Å²) in [6, 6.07) is 13.6. The van der Waals surface area contributed by atoms with Crippen LogP contribution in [0.1, 0.15) is 30.3 Å². The van der Waals surface area contributed by atoms with Crippen molar-refractivity contribution in [3.05, 3.63) is 59.4 Å². The number of fused-ring (bicyclic) bond motifs is 1. The fourth-order valence-electron chi connectivity index (χ4n) is 3.36. The number of imidazole rings is 1. The van der Waals surface area contributed by atoms with Crippen LogP contribution in [0.15, 0.2) is 42.5 Å². The fraction of sp³-hybridized carbons (Fsp3) is 0.375. The predicted octanol–water partition coefficient (Wildman–Crippen LogP) is 3.34. The fourth-order valence-corrected chi connectivity index (χ4v) is 3.36. The van der Waals surface area contributed by atoms with Gasteiger partial charge in [0.05, 0.1) is 17.6 Å². The van der Waals surface area contributed by atoms with Gasteiger partial charge in [-0.1, -0.05) is 24.3 Å². The number of rotatable bonds is 10. The lowest BCUT2D eigenvalue weighted by molar-refractivity contribution is -0.143. The number of aromatic nitrogens is 2. The van der Waals surface area contributed by atoms with Gasteiger partial charge in [-0.2, -0.15) is 0 Å². The van der Waals surface area contributed by atoms with Crippen LogP contribution in [0.4, 0.5) is 0 Å². The average molecular weight is 424 g/mol. The molecule has 31 heavy (non-hydrogen) atoms. The van der Waals surface area contributed by atoms with E-state index in [1.807, 2.05) is 60.9 Å². The lowest BCUT2D eigenvalue weighted by atomic mass is 10.1. The summed E-state index contributed by atoms with van der Waals surface area (Å²) in [6.07, 6.45) is 1.33. The first kappa shape index (κ1) is 22.3. The highest BCUT2D eigenvalue weighted by molar-refractivity contribution is 5.79. The molecule has 3 aromatic rings. The summed E-state index contributed by atoms with van der Waals surface area (Å²) in [5.41, 5.74) is 3.83. The second kappa shape index (κ2) is 10.6. The molecule has 0 atom stereocenters. The van der Waals surface area contributed by atoms with Crippen molar-refractivity contribution < 1.29 is 19.1 Å². The molecule has 0 bridgehead atoms. The summed E-state index contributed by atoms with van der Waals surface area (Å²) in [5.74, 6) is 1.07. The first-order chi connectivity index (χ1) is 15.0. The Balaban J connectivity index is 1.52. The van der Waals surface area contributed by atoms with E-state index in [-0.39, 0.29) is 25.0 Å². The number of esters is 1. The van der Waals surface area contributed by atoms with Gasteiger partial charge in [0.2, 0.25) is 0 Å². The smallest absolute Gasteiger partial charge is 0.326 e. The van der Waals surface area contributed by atoms with E-state index in [1.165, 1.54) is 0 Å². The van der Waals surface area contributed by atoms with E-state index in [4.69, 9.17) is 9.47 Å². The summed E-state index contributed by atoms with van der Waals surface area (Å²) >= 11 is 0. The highest BCUT2D eigenvalue weighted by Crippen LogP contribution is 2.19. The van der Waals surface area contributed by atoms with Gasteiger partial charge >= 0.3 is 5.97 Å². The van der Waals surface area contributed by atoms with E-state index in [0.29, 0.717) is 26.0 Å². The quantitative estimate of drug-likeness (QED) is 0.399. The normalized spacial score (nSPS) is 10.8. The molecule has 0 saturated heterocycles. The third-order valence-corrected chi connectivity index (χ3v) is 4.93. The number of ether oxygens (including phenoxy) is 2. The minimum Gasteiger partial charge on any atom is -0.483 e. The summed E-state index contributed by atoms with van der Waals surface area (Å²) in [7, 11) is 0. The van der Waals surface area contributed by atoms with Gasteiger partial charge in [-0.05, 0) is 56.5 Å².